The quantitative estimate of drug-likeness (QED) is 0.265. The fourth-order valence-corrected chi connectivity index (χ4v) is 5.23. The lowest BCUT2D eigenvalue weighted by molar-refractivity contribution is -0.141. The minimum absolute atomic E-state index is 0.189. The van der Waals surface area contributed by atoms with Gasteiger partial charge in [0.2, 0.25) is 5.91 Å². The van der Waals surface area contributed by atoms with Crippen molar-refractivity contribution in [1.82, 2.24) is 9.99 Å². The number of benzene rings is 3. The molecule has 0 unspecified atom stereocenters. The number of pyridine rings is 1. The van der Waals surface area contributed by atoms with E-state index in [1.54, 1.807) is 0 Å². The number of carboxylic acids is 1. The van der Waals surface area contributed by atoms with Crippen molar-refractivity contribution in [2.75, 3.05) is 0 Å². The van der Waals surface area contributed by atoms with Crippen LogP contribution in [0.3, 0.4) is 0 Å². The number of hydrogen-bond donors (Lipinski definition) is 2. The Morgan fingerprint density at radius 1 is 0.946 bits per heavy atom. The highest BCUT2D eigenvalue weighted by atomic mass is 79.9. The molecule has 2 N–H and O–H groups in total. The summed E-state index contributed by atoms with van der Waals surface area (Å²) >= 11 is 6.98. The number of carbonyl (C=O) groups excluding carboxylic acids is 1. The van der Waals surface area contributed by atoms with Crippen LogP contribution in [-0.2, 0) is 9.59 Å². The van der Waals surface area contributed by atoms with Crippen LogP contribution in [-0.4, -0.2) is 32.7 Å². The lowest BCUT2D eigenvalue weighted by Crippen LogP contribution is -2.27. The van der Waals surface area contributed by atoms with Crippen molar-refractivity contribution in [2.45, 2.75) is 25.3 Å². The molecule has 0 spiro atoms. The molecule has 4 aromatic rings. The van der Waals surface area contributed by atoms with Gasteiger partial charge in [-0.05, 0) is 41.5 Å². The number of rotatable bonds is 6. The Kier molecular flexibility index (Phi) is 7.08. The second-order valence-electron chi connectivity index (χ2n) is 8.71. The molecule has 2 heterocycles. The molecule has 0 radical (unpaired) electrons. The fourth-order valence-electron chi connectivity index (χ4n) is 4.61. The monoisotopic (exact) mass is 621 g/mol. The van der Waals surface area contributed by atoms with Gasteiger partial charge in [-0.25, -0.2) is 5.01 Å². The molecular formula is C28H21Br2N3O4. The highest BCUT2D eigenvalue weighted by molar-refractivity contribution is 9.10. The zero-order valence-corrected chi connectivity index (χ0v) is 22.6. The molecule has 0 bridgehead atoms. The van der Waals surface area contributed by atoms with Crippen LogP contribution in [0.5, 0.6) is 0 Å². The van der Waals surface area contributed by atoms with Gasteiger partial charge >= 0.3 is 5.97 Å². The number of nitrogens with one attached hydrogen (secondary N) is 1. The molecule has 1 aliphatic rings. The first-order valence-corrected chi connectivity index (χ1v) is 13.2. The summed E-state index contributed by atoms with van der Waals surface area (Å²) < 4.78 is 1.75. The zero-order valence-electron chi connectivity index (χ0n) is 19.4. The lowest BCUT2D eigenvalue weighted by atomic mass is 9.91. The van der Waals surface area contributed by atoms with Crippen LogP contribution in [0, 0.1) is 0 Å². The molecule has 0 saturated carbocycles. The van der Waals surface area contributed by atoms with Gasteiger partial charge in [0, 0.05) is 38.3 Å². The number of aliphatic carboxylic acids is 1. The number of carboxylic acid groups (broad SMARTS) is 1. The second-order valence-corrected chi connectivity index (χ2v) is 10.5. The van der Waals surface area contributed by atoms with Gasteiger partial charge in [-0.2, -0.15) is 5.10 Å². The van der Waals surface area contributed by atoms with Gasteiger partial charge in [0.15, 0.2) is 0 Å². The predicted octanol–water partition coefficient (Wildman–Crippen LogP) is 6.26. The minimum Gasteiger partial charge on any atom is -0.481 e. The van der Waals surface area contributed by atoms with Crippen LogP contribution < -0.4 is 5.56 Å². The molecule has 9 heteroatoms. The number of H-pyrrole nitrogens is 1. The minimum atomic E-state index is -1.06. The van der Waals surface area contributed by atoms with E-state index in [9.17, 15) is 14.4 Å². The number of halogens is 2. The number of aromatic nitrogens is 1. The van der Waals surface area contributed by atoms with Crippen molar-refractivity contribution >= 4 is 60.4 Å². The normalized spacial score (nSPS) is 15.1. The van der Waals surface area contributed by atoms with Crippen molar-refractivity contribution in [2.24, 2.45) is 5.10 Å². The van der Waals surface area contributed by atoms with Crippen LogP contribution in [0.15, 0.2) is 91.6 Å². The van der Waals surface area contributed by atoms with Crippen LogP contribution >= 0.6 is 31.9 Å². The van der Waals surface area contributed by atoms with E-state index in [0.29, 0.717) is 23.2 Å². The maximum absolute atomic E-state index is 13.5. The first-order valence-electron chi connectivity index (χ1n) is 11.6. The van der Waals surface area contributed by atoms with Crippen molar-refractivity contribution in [3.8, 4) is 11.1 Å². The molecule has 1 aliphatic heterocycles. The van der Waals surface area contributed by atoms with E-state index in [2.05, 4.69) is 41.9 Å². The van der Waals surface area contributed by atoms with Gasteiger partial charge in [-0.15, -0.1) is 0 Å². The molecular weight excluding hydrogens is 602 g/mol. The lowest BCUT2D eigenvalue weighted by Gasteiger charge is -2.22. The maximum atomic E-state index is 13.5. The van der Waals surface area contributed by atoms with Gasteiger partial charge in [0.1, 0.15) is 0 Å². The summed E-state index contributed by atoms with van der Waals surface area (Å²) in [6.45, 7) is 0. The summed E-state index contributed by atoms with van der Waals surface area (Å²) in [4.78, 5) is 40.8. The molecule has 7 nitrogen and oxygen atoms in total. The van der Waals surface area contributed by atoms with Crippen molar-refractivity contribution in [3.63, 3.8) is 0 Å². The number of hydrazone groups is 1. The summed E-state index contributed by atoms with van der Waals surface area (Å²) in [5.41, 5.74) is 3.67. The zero-order chi connectivity index (χ0) is 26.1. The van der Waals surface area contributed by atoms with Gasteiger partial charge in [0.25, 0.3) is 5.56 Å². The number of carbonyl (C=O) groups is 2. The van der Waals surface area contributed by atoms with E-state index in [-0.39, 0.29) is 18.4 Å². The maximum Gasteiger partial charge on any atom is 0.303 e. The van der Waals surface area contributed by atoms with E-state index in [1.807, 2.05) is 72.8 Å². The average molecular weight is 623 g/mol. The van der Waals surface area contributed by atoms with Gasteiger partial charge in [-0.1, -0.05) is 74.3 Å². The SMILES string of the molecule is O=C(O)CCC(=O)N1N=C(c2c(-c3ccccc3)c3cc(Br)ccc3[nH]c2=O)C[C@H]1c1ccc(Br)cc1. The summed E-state index contributed by atoms with van der Waals surface area (Å²) in [6, 6.07) is 22.4. The highest BCUT2D eigenvalue weighted by Crippen LogP contribution is 2.38. The second kappa shape index (κ2) is 10.4. The number of hydrogen-bond acceptors (Lipinski definition) is 4. The van der Waals surface area contributed by atoms with Gasteiger partial charge < -0.3 is 10.1 Å². The van der Waals surface area contributed by atoms with Gasteiger partial charge in [-0.3, -0.25) is 14.4 Å². The molecule has 3 aromatic carbocycles. The molecule has 1 amide bonds. The molecule has 5 rings (SSSR count). The predicted molar refractivity (Wildman–Crippen MR) is 149 cm³/mol. The summed E-state index contributed by atoms with van der Waals surface area (Å²) in [6.07, 6.45) is -0.179. The van der Waals surface area contributed by atoms with Crippen molar-refractivity contribution in [1.29, 1.82) is 0 Å². The molecule has 1 atom stereocenters. The number of fused-ring (bicyclic) bond motifs is 1. The Bertz CT molecular complexity index is 1600. The summed E-state index contributed by atoms with van der Waals surface area (Å²) in [5, 5.41) is 15.9. The van der Waals surface area contributed by atoms with Crippen LogP contribution in [0.2, 0.25) is 0 Å². The third kappa shape index (κ3) is 5.14. The van der Waals surface area contributed by atoms with Crippen molar-refractivity contribution < 1.29 is 14.7 Å². The summed E-state index contributed by atoms with van der Waals surface area (Å²) in [7, 11) is 0. The first-order chi connectivity index (χ1) is 17.8. The third-order valence-electron chi connectivity index (χ3n) is 6.30. The molecule has 0 saturated heterocycles. The molecule has 37 heavy (non-hydrogen) atoms. The molecule has 0 aliphatic carbocycles. The highest BCUT2D eigenvalue weighted by Gasteiger charge is 2.35. The topological polar surface area (TPSA) is 103 Å². The molecule has 0 fully saturated rings. The van der Waals surface area contributed by atoms with E-state index in [0.717, 1.165) is 31.0 Å². The van der Waals surface area contributed by atoms with Crippen molar-refractivity contribution in [3.05, 3.63) is 103 Å². The Hall–Kier alpha value is -3.56. The standard InChI is InChI=1S/C28H21Br2N3O4/c29-18-8-6-16(7-9-18)23-15-22(32-33(23)24(34)12-13-25(35)36)27-26(17-4-2-1-3-5-17)20-14-19(30)10-11-21(20)31-28(27)37/h1-11,14,23H,12-13,15H2,(H,31,37)(H,35,36)/t23-/m0/s1. The first kappa shape index (κ1) is 25.1. The van der Waals surface area contributed by atoms with Crippen LogP contribution in [0.1, 0.15) is 36.4 Å². The number of amides is 1. The van der Waals surface area contributed by atoms with E-state index in [4.69, 9.17) is 5.11 Å². The molecule has 1 aromatic heterocycles. The largest absolute Gasteiger partial charge is 0.481 e. The third-order valence-corrected chi connectivity index (χ3v) is 7.32. The van der Waals surface area contributed by atoms with E-state index < -0.39 is 17.9 Å². The Balaban J connectivity index is 1.69. The Morgan fingerprint density at radius 2 is 1.65 bits per heavy atom. The number of nitrogens with zero attached hydrogens (tertiary/aromatic N) is 2. The van der Waals surface area contributed by atoms with E-state index >= 15 is 0 Å². The Morgan fingerprint density at radius 3 is 2.35 bits per heavy atom. The smallest absolute Gasteiger partial charge is 0.303 e. The molecule has 186 valence electrons. The van der Waals surface area contributed by atoms with Gasteiger partial charge in [0.05, 0.1) is 23.7 Å². The fraction of sp³-hybridized carbons (Fsp3) is 0.143. The summed E-state index contributed by atoms with van der Waals surface area (Å²) in [5.74, 6) is -1.47. The Labute approximate surface area is 229 Å². The van der Waals surface area contributed by atoms with Crippen LogP contribution in [0.4, 0.5) is 0 Å². The average Bonchev–Trinajstić information content (AvgIpc) is 3.32. The van der Waals surface area contributed by atoms with E-state index in [1.165, 1.54) is 5.01 Å². The number of aromatic amines is 1. The van der Waals surface area contributed by atoms with Crippen LogP contribution in [0.25, 0.3) is 22.0 Å².